The highest BCUT2D eigenvalue weighted by Gasteiger charge is 2.26. The van der Waals surface area contributed by atoms with Crippen molar-refractivity contribution in [2.45, 2.75) is 29.1 Å². The summed E-state index contributed by atoms with van der Waals surface area (Å²) < 4.78 is 32.4. The van der Waals surface area contributed by atoms with E-state index in [2.05, 4.69) is 37.5 Å². The molecule has 38 heavy (non-hydrogen) atoms. The van der Waals surface area contributed by atoms with Gasteiger partial charge in [0.05, 0.1) is 10.1 Å². The van der Waals surface area contributed by atoms with E-state index in [4.69, 9.17) is 9.51 Å². The molecule has 190 valence electrons. The van der Waals surface area contributed by atoms with Gasteiger partial charge in [0.1, 0.15) is 17.1 Å². The third kappa shape index (κ3) is 4.37. The smallest absolute Gasteiger partial charge is 0.263 e. The zero-order valence-corrected chi connectivity index (χ0v) is 21.8. The molecule has 0 saturated carbocycles. The Morgan fingerprint density at radius 2 is 1.68 bits per heavy atom. The summed E-state index contributed by atoms with van der Waals surface area (Å²) in [7, 11) is -3.85. The van der Waals surface area contributed by atoms with E-state index in [1.807, 2.05) is 24.3 Å². The molecule has 2 N–H and O–H groups in total. The molecule has 1 unspecified atom stereocenters. The summed E-state index contributed by atoms with van der Waals surface area (Å²) in [6.07, 6.45) is 0. The van der Waals surface area contributed by atoms with Gasteiger partial charge in [-0.1, -0.05) is 53.3 Å². The quantitative estimate of drug-likeness (QED) is 0.269. The summed E-state index contributed by atoms with van der Waals surface area (Å²) in [5, 5.41) is 17.2. The first-order valence-corrected chi connectivity index (χ1v) is 14.0. The van der Waals surface area contributed by atoms with Crippen LogP contribution in [0.15, 0.2) is 81.3 Å². The van der Waals surface area contributed by atoms with Crippen LogP contribution in [-0.4, -0.2) is 39.9 Å². The topological polar surface area (TPSA) is 140 Å². The van der Waals surface area contributed by atoms with Gasteiger partial charge in [-0.25, -0.2) is 13.4 Å². The zero-order chi connectivity index (χ0) is 26.4. The number of aryl methyl sites for hydroxylation is 1. The molecular formula is C26H20N6O4S2. The monoisotopic (exact) mass is 544 g/mol. The van der Waals surface area contributed by atoms with Crippen LogP contribution in [0, 0.1) is 6.92 Å². The van der Waals surface area contributed by atoms with Crippen LogP contribution < -0.4 is 10.0 Å². The molecule has 2 aromatic heterocycles. The number of thioether (sulfide) groups is 1. The molecule has 12 heteroatoms. The molecule has 0 fully saturated rings. The number of fused-ring (bicyclic) bond motifs is 3. The number of rotatable bonds is 7. The Labute approximate surface area is 221 Å². The summed E-state index contributed by atoms with van der Waals surface area (Å²) in [5.41, 5.74) is 3.96. The highest BCUT2D eigenvalue weighted by Crippen LogP contribution is 2.45. The van der Waals surface area contributed by atoms with Crippen molar-refractivity contribution in [1.29, 1.82) is 0 Å². The van der Waals surface area contributed by atoms with Crippen molar-refractivity contribution >= 4 is 50.0 Å². The van der Waals surface area contributed by atoms with E-state index in [1.54, 1.807) is 13.8 Å². The summed E-state index contributed by atoms with van der Waals surface area (Å²) >= 11 is 1.20. The highest BCUT2D eigenvalue weighted by atomic mass is 32.2. The fourth-order valence-electron chi connectivity index (χ4n) is 4.25. The van der Waals surface area contributed by atoms with Gasteiger partial charge in [-0.15, -0.1) is 10.2 Å². The lowest BCUT2D eigenvalue weighted by molar-refractivity contribution is -0.115. The Hall–Kier alpha value is -4.29. The number of anilines is 2. The lowest BCUT2D eigenvalue weighted by atomic mass is 10.0. The van der Waals surface area contributed by atoms with Crippen LogP contribution in [0.1, 0.15) is 12.7 Å². The molecule has 6 rings (SSSR count). The number of nitrogens with one attached hydrogen (secondary N) is 2. The highest BCUT2D eigenvalue weighted by molar-refractivity contribution is 8.00. The van der Waals surface area contributed by atoms with Crippen LogP contribution in [-0.2, 0) is 14.8 Å². The molecule has 1 aliphatic carbocycles. The van der Waals surface area contributed by atoms with Gasteiger partial charge in [0, 0.05) is 28.3 Å². The molecule has 10 nitrogen and oxygen atoms in total. The van der Waals surface area contributed by atoms with Gasteiger partial charge in [-0.2, -0.15) is 0 Å². The number of benzene rings is 3. The van der Waals surface area contributed by atoms with Crippen LogP contribution in [0.3, 0.4) is 0 Å². The van der Waals surface area contributed by atoms with Gasteiger partial charge in [0.2, 0.25) is 11.1 Å². The molecule has 0 spiro atoms. The average Bonchev–Trinajstić information content (AvgIpc) is 3.45. The van der Waals surface area contributed by atoms with Crippen molar-refractivity contribution in [2.75, 3.05) is 10.0 Å². The second-order valence-electron chi connectivity index (χ2n) is 8.70. The number of hydrogen-bond acceptors (Lipinski definition) is 9. The number of carbonyl (C=O) groups is 1. The Morgan fingerprint density at radius 1 is 0.974 bits per heavy atom. The molecule has 0 saturated heterocycles. The number of nitrogens with zero attached hydrogens (tertiary/aromatic N) is 4. The first-order chi connectivity index (χ1) is 18.3. The normalized spacial score (nSPS) is 12.8. The molecular weight excluding hydrogens is 524 g/mol. The number of sulfonamides is 1. The number of hydrogen-bond donors (Lipinski definition) is 2. The van der Waals surface area contributed by atoms with E-state index in [9.17, 15) is 13.2 Å². The standard InChI is InChI=1S/C26H20N6O4S2/c1-14-13-21(31-36-14)32-38(34,35)18-11-9-17(10-12-18)27-25(33)15(2)37-26-28-23-19-7-3-5-16-6-4-8-20(22(16)19)24(23)29-30-26/h3-13,15H,1-2H3,(H,27,33)(H,31,32). The molecule has 3 aromatic carbocycles. The van der Waals surface area contributed by atoms with Crippen molar-refractivity contribution in [3.05, 3.63) is 72.5 Å². The fraction of sp³-hybridized carbons (Fsp3) is 0.115. The van der Waals surface area contributed by atoms with Gasteiger partial charge in [0.15, 0.2) is 5.82 Å². The minimum absolute atomic E-state index is 0.0206. The van der Waals surface area contributed by atoms with Crippen molar-refractivity contribution in [2.24, 2.45) is 0 Å². The molecule has 1 aliphatic rings. The molecule has 1 amide bonds. The second-order valence-corrected chi connectivity index (χ2v) is 11.7. The van der Waals surface area contributed by atoms with Crippen LogP contribution in [0.5, 0.6) is 0 Å². The van der Waals surface area contributed by atoms with Crippen LogP contribution in [0.25, 0.3) is 33.3 Å². The largest absolute Gasteiger partial charge is 0.360 e. The fourth-order valence-corrected chi connectivity index (χ4v) is 5.95. The number of amides is 1. The maximum atomic E-state index is 12.9. The van der Waals surface area contributed by atoms with E-state index >= 15 is 0 Å². The molecule has 0 aliphatic heterocycles. The zero-order valence-electron chi connectivity index (χ0n) is 20.2. The van der Waals surface area contributed by atoms with E-state index in [-0.39, 0.29) is 16.6 Å². The van der Waals surface area contributed by atoms with Gasteiger partial charge >= 0.3 is 0 Å². The SMILES string of the molecule is Cc1cc(NS(=O)(=O)c2ccc(NC(=O)C(C)Sc3nnc4c(n3)-c3cccc5cccc-4c35)cc2)no1. The van der Waals surface area contributed by atoms with Gasteiger partial charge in [0.25, 0.3) is 10.0 Å². The van der Waals surface area contributed by atoms with Crippen LogP contribution in [0.4, 0.5) is 11.5 Å². The Morgan fingerprint density at radius 3 is 2.37 bits per heavy atom. The summed E-state index contributed by atoms with van der Waals surface area (Å²) in [4.78, 5) is 17.6. The molecule has 0 radical (unpaired) electrons. The first-order valence-electron chi connectivity index (χ1n) is 11.6. The van der Waals surface area contributed by atoms with E-state index in [0.717, 1.165) is 33.3 Å². The lowest BCUT2D eigenvalue weighted by Crippen LogP contribution is -2.23. The maximum Gasteiger partial charge on any atom is 0.263 e. The minimum Gasteiger partial charge on any atom is -0.360 e. The Kier molecular flexibility index (Phi) is 5.84. The maximum absolute atomic E-state index is 12.9. The third-order valence-electron chi connectivity index (χ3n) is 6.03. The van der Waals surface area contributed by atoms with Crippen molar-refractivity contribution < 1.29 is 17.7 Å². The molecule has 5 aromatic rings. The lowest BCUT2D eigenvalue weighted by Gasteiger charge is -2.12. The van der Waals surface area contributed by atoms with Gasteiger partial charge in [-0.05, 0) is 43.5 Å². The summed E-state index contributed by atoms with van der Waals surface area (Å²) in [6, 6.07) is 19.4. The van der Waals surface area contributed by atoms with E-state index in [0.29, 0.717) is 16.6 Å². The number of carbonyl (C=O) groups excluding carboxylic acids is 1. The predicted octanol–water partition coefficient (Wildman–Crippen LogP) is 4.89. The number of aromatic nitrogens is 4. The Balaban J connectivity index is 1.14. The van der Waals surface area contributed by atoms with Gasteiger partial charge in [-0.3, -0.25) is 9.52 Å². The molecule has 0 bridgehead atoms. The van der Waals surface area contributed by atoms with Crippen molar-refractivity contribution in [1.82, 2.24) is 20.3 Å². The van der Waals surface area contributed by atoms with E-state index in [1.165, 1.54) is 42.1 Å². The first kappa shape index (κ1) is 24.1. The van der Waals surface area contributed by atoms with Gasteiger partial charge < -0.3 is 9.84 Å². The average molecular weight is 545 g/mol. The van der Waals surface area contributed by atoms with Crippen LogP contribution in [0.2, 0.25) is 0 Å². The Bertz CT molecular complexity index is 1810. The minimum atomic E-state index is -3.85. The molecule has 1 atom stereocenters. The summed E-state index contributed by atoms with van der Waals surface area (Å²) in [6.45, 7) is 3.41. The van der Waals surface area contributed by atoms with E-state index < -0.39 is 15.3 Å². The molecule has 2 heterocycles. The van der Waals surface area contributed by atoms with Crippen molar-refractivity contribution in [3.63, 3.8) is 0 Å². The summed E-state index contributed by atoms with van der Waals surface area (Å²) in [5.74, 6) is 0.294. The third-order valence-corrected chi connectivity index (χ3v) is 8.35. The van der Waals surface area contributed by atoms with Crippen molar-refractivity contribution in [3.8, 4) is 22.5 Å². The second kappa shape index (κ2) is 9.23. The predicted molar refractivity (Wildman–Crippen MR) is 144 cm³/mol. The van der Waals surface area contributed by atoms with Crippen LogP contribution >= 0.6 is 11.8 Å².